The molecule has 5 heteroatoms. The van der Waals surface area contributed by atoms with Gasteiger partial charge >= 0.3 is 0 Å². The lowest BCUT2D eigenvalue weighted by atomic mass is 9.92. The Bertz CT molecular complexity index is 759. The first-order chi connectivity index (χ1) is 12.1. The second kappa shape index (κ2) is 6.81. The maximum atomic E-state index is 12.6. The molecule has 3 heterocycles. The van der Waals surface area contributed by atoms with Crippen molar-refractivity contribution in [2.75, 3.05) is 18.8 Å². The Labute approximate surface area is 152 Å². The monoisotopic (exact) mass is 354 g/mol. The molecular weight excluding hydrogens is 332 g/mol. The largest absolute Gasteiger partial charge is 0.371 e. The molecule has 0 bridgehead atoms. The van der Waals surface area contributed by atoms with Crippen LogP contribution in [-0.4, -0.2) is 45.5 Å². The highest BCUT2D eigenvalue weighted by Crippen LogP contribution is 2.46. The summed E-state index contributed by atoms with van der Waals surface area (Å²) in [6, 6.07) is 13.7. The van der Waals surface area contributed by atoms with Crippen LogP contribution in [0.5, 0.6) is 0 Å². The molecule has 1 spiro atoms. The topological polar surface area (TPSA) is 42.4 Å². The molecule has 4 rings (SSSR count). The van der Waals surface area contributed by atoms with Crippen LogP contribution in [0, 0.1) is 6.92 Å². The van der Waals surface area contributed by atoms with E-state index in [1.807, 2.05) is 66.1 Å². The van der Waals surface area contributed by atoms with Gasteiger partial charge in [-0.2, -0.15) is 0 Å². The van der Waals surface area contributed by atoms with Crippen LogP contribution in [0.2, 0.25) is 0 Å². The Balaban J connectivity index is 1.29. The number of rotatable bonds is 4. The van der Waals surface area contributed by atoms with E-state index in [9.17, 15) is 4.79 Å². The number of likely N-dealkylation sites (tertiary alicyclic amines) is 1. The van der Waals surface area contributed by atoms with Gasteiger partial charge in [0.1, 0.15) is 0 Å². The average Bonchev–Trinajstić information content (AvgIpc) is 3.04. The third-order valence-electron chi connectivity index (χ3n) is 4.88. The smallest absolute Gasteiger partial charge is 0.253 e. The van der Waals surface area contributed by atoms with Gasteiger partial charge in [0, 0.05) is 30.6 Å². The fraction of sp³-hybridized carbons (Fsp3) is 0.400. The van der Waals surface area contributed by atoms with Crippen LogP contribution in [0.4, 0.5) is 0 Å². The van der Waals surface area contributed by atoms with Gasteiger partial charge in [-0.1, -0.05) is 23.8 Å². The maximum absolute atomic E-state index is 12.6. The van der Waals surface area contributed by atoms with Gasteiger partial charge in [-0.3, -0.25) is 9.78 Å². The van der Waals surface area contributed by atoms with Crippen LogP contribution in [0.25, 0.3) is 0 Å². The molecule has 2 aliphatic rings. The number of pyridine rings is 1. The molecule has 25 heavy (non-hydrogen) atoms. The number of aryl methyl sites for hydroxylation is 1. The van der Waals surface area contributed by atoms with E-state index in [2.05, 4.69) is 4.98 Å². The summed E-state index contributed by atoms with van der Waals surface area (Å²) in [4.78, 5) is 18.9. The van der Waals surface area contributed by atoms with Gasteiger partial charge in [-0.05, 0) is 37.6 Å². The van der Waals surface area contributed by atoms with Crippen LogP contribution in [0.1, 0.15) is 28.0 Å². The average molecular weight is 354 g/mol. The Morgan fingerprint density at radius 1 is 1.32 bits per heavy atom. The molecule has 2 fully saturated rings. The van der Waals surface area contributed by atoms with Gasteiger partial charge in [0.15, 0.2) is 0 Å². The summed E-state index contributed by atoms with van der Waals surface area (Å²) >= 11 is 1.95. The zero-order chi connectivity index (χ0) is 17.3. The number of ether oxygens (including phenoxy) is 1. The standard InChI is InChI=1S/C20H22N2O2S/c1-15-5-4-6-16(9-15)19(23)22-13-20(14-22)10-18(12-25-20)24-11-17-7-2-3-8-21-17/h2-9,18H,10-14H2,1H3/t18-/m0/s1. The summed E-state index contributed by atoms with van der Waals surface area (Å²) in [5.74, 6) is 1.15. The van der Waals surface area contributed by atoms with Crippen molar-refractivity contribution in [1.82, 2.24) is 9.88 Å². The summed E-state index contributed by atoms with van der Waals surface area (Å²) in [7, 11) is 0. The minimum atomic E-state index is 0.146. The lowest BCUT2D eigenvalue weighted by molar-refractivity contribution is 0.0245. The molecule has 2 saturated heterocycles. The van der Waals surface area contributed by atoms with Crippen LogP contribution < -0.4 is 0 Å². The van der Waals surface area contributed by atoms with E-state index in [1.54, 1.807) is 6.20 Å². The van der Waals surface area contributed by atoms with Crippen LogP contribution in [0.3, 0.4) is 0 Å². The molecule has 1 aromatic heterocycles. The summed E-state index contributed by atoms with van der Waals surface area (Å²) in [5, 5.41) is 0. The molecule has 2 aromatic rings. The maximum Gasteiger partial charge on any atom is 0.253 e. The van der Waals surface area contributed by atoms with Crippen molar-refractivity contribution < 1.29 is 9.53 Å². The number of aromatic nitrogens is 1. The predicted octanol–water partition coefficient (Wildman–Crippen LogP) is 3.31. The van der Waals surface area contributed by atoms with Crippen LogP contribution >= 0.6 is 11.8 Å². The van der Waals surface area contributed by atoms with Crippen LogP contribution in [-0.2, 0) is 11.3 Å². The second-order valence-corrected chi connectivity index (χ2v) is 8.47. The number of amides is 1. The lowest BCUT2D eigenvalue weighted by Gasteiger charge is -2.47. The van der Waals surface area contributed by atoms with Gasteiger partial charge < -0.3 is 9.64 Å². The van der Waals surface area contributed by atoms with Crippen molar-refractivity contribution in [3.63, 3.8) is 0 Å². The van der Waals surface area contributed by atoms with E-state index in [0.717, 1.165) is 42.1 Å². The third kappa shape index (κ3) is 3.58. The van der Waals surface area contributed by atoms with E-state index in [0.29, 0.717) is 6.61 Å². The summed E-state index contributed by atoms with van der Waals surface area (Å²) in [6.07, 6.45) is 3.06. The molecule has 1 aromatic carbocycles. The molecule has 0 aliphatic carbocycles. The molecule has 4 nitrogen and oxygen atoms in total. The Kier molecular flexibility index (Phi) is 4.52. The zero-order valence-corrected chi connectivity index (χ0v) is 15.2. The highest BCUT2D eigenvalue weighted by Gasteiger charge is 2.50. The third-order valence-corrected chi connectivity index (χ3v) is 6.45. The van der Waals surface area contributed by atoms with Crippen LogP contribution in [0.15, 0.2) is 48.7 Å². The second-order valence-electron chi connectivity index (χ2n) is 6.98. The molecule has 1 amide bonds. The highest BCUT2D eigenvalue weighted by molar-refractivity contribution is 8.01. The molecule has 130 valence electrons. The molecule has 0 saturated carbocycles. The van der Waals surface area contributed by atoms with Gasteiger partial charge in [-0.15, -0.1) is 11.8 Å². The number of carbonyl (C=O) groups is 1. The normalized spacial score (nSPS) is 21.3. The van der Waals surface area contributed by atoms with Gasteiger partial charge in [0.25, 0.3) is 5.91 Å². The van der Waals surface area contributed by atoms with Crippen molar-refractivity contribution in [2.45, 2.75) is 30.8 Å². The van der Waals surface area contributed by atoms with Crippen molar-refractivity contribution in [1.29, 1.82) is 0 Å². The number of carbonyl (C=O) groups excluding carboxylic acids is 1. The lowest BCUT2D eigenvalue weighted by Crippen LogP contribution is -2.60. The summed E-state index contributed by atoms with van der Waals surface area (Å²) < 4.78 is 6.22. The van der Waals surface area contributed by atoms with Crippen molar-refractivity contribution >= 4 is 17.7 Å². The molecule has 0 unspecified atom stereocenters. The van der Waals surface area contributed by atoms with E-state index in [4.69, 9.17) is 4.74 Å². The minimum absolute atomic E-state index is 0.146. The Hall–Kier alpha value is -1.85. The molecular formula is C20H22N2O2S. The zero-order valence-electron chi connectivity index (χ0n) is 14.4. The van der Waals surface area contributed by atoms with Crippen molar-refractivity contribution in [3.8, 4) is 0 Å². The number of hydrogen-bond donors (Lipinski definition) is 0. The Morgan fingerprint density at radius 3 is 2.96 bits per heavy atom. The van der Waals surface area contributed by atoms with Crippen molar-refractivity contribution in [3.05, 3.63) is 65.5 Å². The number of benzene rings is 1. The summed E-state index contributed by atoms with van der Waals surface area (Å²) in [5.41, 5.74) is 2.89. The molecule has 0 radical (unpaired) electrons. The number of thioether (sulfide) groups is 1. The first-order valence-corrected chi connectivity index (χ1v) is 9.64. The quantitative estimate of drug-likeness (QED) is 0.845. The first-order valence-electron chi connectivity index (χ1n) is 8.65. The van der Waals surface area contributed by atoms with Crippen molar-refractivity contribution in [2.24, 2.45) is 0 Å². The van der Waals surface area contributed by atoms with E-state index < -0.39 is 0 Å². The summed E-state index contributed by atoms with van der Waals surface area (Å²) in [6.45, 7) is 4.24. The fourth-order valence-electron chi connectivity index (χ4n) is 3.57. The SMILES string of the molecule is Cc1cccc(C(=O)N2CC3(C[C@H](OCc4ccccn4)CS3)C2)c1. The number of nitrogens with zero attached hydrogens (tertiary/aromatic N) is 2. The van der Waals surface area contributed by atoms with E-state index in [-0.39, 0.29) is 16.8 Å². The molecule has 1 atom stereocenters. The first kappa shape index (κ1) is 16.6. The molecule has 2 aliphatic heterocycles. The highest BCUT2D eigenvalue weighted by atomic mass is 32.2. The fourth-order valence-corrected chi connectivity index (χ4v) is 5.12. The van der Waals surface area contributed by atoms with E-state index in [1.165, 1.54) is 0 Å². The van der Waals surface area contributed by atoms with Gasteiger partial charge in [-0.25, -0.2) is 0 Å². The van der Waals surface area contributed by atoms with Gasteiger partial charge in [0.05, 0.1) is 23.2 Å². The minimum Gasteiger partial charge on any atom is -0.371 e. The van der Waals surface area contributed by atoms with E-state index >= 15 is 0 Å². The molecule has 0 N–H and O–H groups in total. The number of hydrogen-bond acceptors (Lipinski definition) is 4. The Morgan fingerprint density at radius 2 is 2.20 bits per heavy atom. The van der Waals surface area contributed by atoms with Gasteiger partial charge in [0.2, 0.25) is 0 Å². The predicted molar refractivity (Wildman–Crippen MR) is 99.7 cm³/mol.